The molecule has 0 spiro atoms. The lowest BCUT2D eigenvalue weighted by Gasteiger charge is -2.17. The number of hydrogen-bond donors (Lipinski definition) is 0. The van der Waals surface area contributed by atoms with Crippen molar-refractivity contribution in [3.8, 4) is 11.4 Å². The number of benzene rings is 2. The number of nitrogens with zero attached hydrogens (tertiary/aromatic N) is 2. The molecule has 2 aromatic carbocycles. The highest BCUT2D eigenvalue weighted by Gasteiger charge is 2.17. The first-order valence-corrected chi connectivity index (χ1v) is 7.66. The van der Waals surface area contributed by atoms with E-state index in [9.17, 15) is 0 Å². The Morgan fingerprint density at radius 2 is 1.86 bits per heavy atom. The molecular weight excluding hydrogens is 256 g/mol. The third-order valence-electron chi connectivity index (χ3n) is 4.25. The molecule has 21 heavy (non-hydrogen) atoms. The fraction of sp³-hybridized carbons (Fsp3) is 0.316. The van der Waals surface area contributed by atoms with Crippen LogP contribution >= 0.6 is 0 Å². The lowest BCUT2D eigenvalue weighted by molar-refractivity contribution is 0.550. The molecule has 0 saturated carbocycles. The van der Waals surface area contributed by atoms with E-state index in [4.69, 9.17) is 4.98 Å². The van der Waals surface area contributed by atoms with E-state index in [2.05, 4.69) is 74.7 Å². The summed E-state index contributed by atoms with van der Waals surface area (Å²) in [6.07, 6.45) is 1.10. The van der Waals surface area contributed by atoms with Crippen LogP contribution in [0.25, 0.3) is 22.4 Å². The Labute approximate surface area is 126 Å². The fourth-order valence-electron chi connectivity index (χ4n) is 2.93. The van der Waals surface area contributed by atoms with Gasteiger partial charge in [0.1, 0.15) is 5.82 Å². The van der Waals surface area contributed by atoms with Crippen molar-refractivity contribution in [3.05, 3.63) is 53.6 Å². The van der Waals surface area contributed by atoms with Crippen molar-refractivity contribution >= 4 is 11.0 Å². The number of rotatable bonds is 3. The van der Waals surface area contributed by atoms with E-state index in [0.29, 0.717) is 6.04 Å². The monoisotopic (exact) mass is 278 g/mol. The Bertz CT molecular complexity index is 783. The van der Waals surface area contributed by atoms with E-state index in [1.54, 1.807) is 0 Å². The van der Waals surface area contributed by atoms with Gasteiger partial charge in [0.15, 0.2) is 0 Å². The second-order valence-corrected chi connectivity index (χ2v) is 5.87. The highest BCUT2D eigenvalue weighted by molar-refractivity contribution is 5.81. The van der Waals surface area contributed by atoms with Crippen LogP contribution in [0.4, 0.5) is 0 Å². The molecule has 108 valence electrons. The maximum Gasteiger partial charge on any atom is 0.141 e. The van der Waals surface area contributed by atoms with E-state index in [1.165, 1.54) is 22.2 Å². The van der Waals surface area contributed by atoms with Crippen molar-refractivity contribution in [2.24, 2.45) is 0 Å². The SMILES string of the molecule is CCC(C)n1c(-c2ccc(C)cc2C)nc2ccccc21. The number of aromatic nitrogens is 2. The van der Waals surface area contributed by atoms with Crippen LogP contribution in [0.2, 0.25) is 0 Å². The molecule has 1 heterocycles. The average Bonchev–Trinajstić information content (AvgIpc) is 2.85. The Morgan fingerprint density at radius 1 is 1.10 bits per heavy atom. The molecule has 0 aliphatic heterocycles. The predicted octanol–water partition coefficient (Wildman–Crippen LogP) is 5.29. The van der Waals surface area contributed by atoms with E-state index in [0.717, 1.165) is 17.8 Å². The van der Waals surface area contributed by atoms with Gasteiger partial charge in [-0.2, -0.15) is 0 Å². The number of para-hydroxylation sites is 2. The molecule has 2 nitrogen and oxygen atoms in total. The first kappa shape index (κ1) is 13.9. The molecule has 0 radical (unpaired) electrons. The molecule has 3 rings (SSSR count). The Balaban J connectivity index is 2.31. The summed E-state index contributed by atoms with van der Waals surface area (Å²) < 4.78 is 2.38. The van der Waals surface area contributed by atoms with Crippen molar-refractivity contribution in [1.29, 1.82) is 0 Å². The molecule has 0 fully saturated rings. The zero-order valence-electron chi connectivity index (χ0n) is 13.2. The topological polar surface area (TPSA) is 17.8 Å². The van der Waals surface area contributed by atoms with Gasteiger partial charge in [0.2, 0.25) is 0 Å². The maximum atomic E-state index is 4.91. The largest absolute Gasteiger partial charge is 0.321 e. The van der Waals surface area contributed by atoms with Gasteiger partial charge in [-0.3, -0.25) is 0 Å². The van der Waals surface area contributed by atoms with Crippen LogP contribution in [0.5, 0.6) is 0 Å². The van der Waals surface area contributed by atoms with Crippen LogP contribution < -0.4 is 0 Å². The third kappa shape index (κ3) is 2.35. The molecule has 1 atom stereocenters. The Hall–Kier alpha value is -2.09. The minimum atomic E-state index is 0.438. The molecule has 1 aromatic heterocycles. The van der Waals surface area contributed by atoms with Gasteiger partial charge in [0.25, 0.3) is 0 Å². The minimum Gasteiger partial charge on any atom is -0.321 e. The lowest BCUT2D eigenvalue weighted by Crippen LogP contribution is -2.06. The molecule has 1 unspecified atom stereocenters. The van der Waals surface area contributed by atoms with Gasteiger partial charge in [-0.25, -0.2) is 4.98 Å². The summed E-state index contributed by atoms with van der Waals surface area (Å²) in [5.74, 6) is 1.09. The maximum absolute atomic E-state index is 4.91. The summed E-state index contributed by atoms with van der Waals surface area (Å²) in [4.78, 5) is 4.91. The zero-order valence-corrected chi connectivity index (χ0v) is 13.2. The van der Waals surface area contributed by atoms with Gasteiger partial charge in [-0.05, 0) is 44.9 Å². The predicted molar refractivity (Wildman–Crippen MR) is 89.6 cm³/mol. The molecular formula is C19H22N2. The number of hydrogen-bond acceptors (Lipinski definition) is 1. The molecule has 0 N–H and O–H groups in total. The van der Waals surface area contributed by atoms with Crippen LogP contribution in [-0.2, 0) is 0 Å². The second kappa shape index (κ2) is 5.36. The van der Waals surface area contributed by atoms with Crippen molar-refractivity contribution in [2.75, 3.05) is 0 Å². The molecule has 0 saturated heterocycles. The molecule has 0 aliphatic rings. The van der Waals surface area contributed by atoms with E-state index < -0.39 is 0 Å². The van der Waals surface area contributed by atoms with Crippen LogP contribution in [0.15, 0.2) is 42.5 Å². The summed E-state index contributed by atoms with van der Waals surface area (Å²) >= 11 is 0. The van der Waals surface area contributed by atoms with Crippen LogP contribution in [-0.4, -0.2) is 9.55 Å². The van der Waals surface area contributed by atoms with Crippen LogP contribution in [0, 0.1) is 13.8 Å². The van der Waals surface area contributed by atoms with E-state index >= 15 is 0 Å². The fourth-order valence-corrected chi connectivity index (χ4v) is 2.93. The zero-order chi connectivity index (χ0) is 15.0. The Morgan fingerprint density at radius 3 is 2.57 bits per heavy atom. The van der Waals surface area contributed by atoms with Crippen LogP contribution in [0.3, 0.4) is 0 Å². The normalized spacial score (nSPS) is 12.8. The molecule has 0 bridgehead atoms. The number of fused-ring (bicyclic) bond motifs is 1. The van der Waals surface area contributed by atoms with Gasteiger partial charge < -0.3 is 4.57 Å². The lowest BCUT2D eigenvalue weighted by atomic mass is 10.0. The van der Waals surface area contributed by atoms with Crippen molar-refractivity contribution < 1.29 is 0 Å². The smallest absolute Gasteiger partial charge is 0.141 e. The van der Waals surface area contributed by atoms with Gasteiger partial charge in [0.05, 0.1) is 11.0 Å². The summed E-state index contributed by atoms with van der Waals surface area (Å²) in [6.45, 7) is 8.80. The summed E-state index contributed by atoms with van der Waals surface area (Å²) in [7, 11) is 0. The molecule has 3 aromatic rings. The van der Waals surface area contributed by atoms with E-state index in [-0.39, 0.29) is 0 Å². The standard InChI is InChI=1S/C19H22N2/c1-5-15(4)21-18-9-7-6-8-17(18)20-19(21)16-11-10-13(2)12-14(16)3/h6-12,15H,5H2,1-4H3. The summed E-state index contributed by atoms with van der Waals surface area (Å²) in [6, 6.07) is 15.5. The molecule has 0 amide bonds. The van der Waals surface area contributed by atoms with Gasteiger partial charge in [-0.15, -0.1) is 0 Å². The number of imidazole rings is 1. The van der Waals surface area contributed by atoms with Crippen molar-refractivity contribution in [1.82, 2.24) is 9.55 Å². The van der Waals surface area contributed by atoms with E-state index in [1.807, 2.05) is 0 Å². The van der Waals surface area contributed by atoms with Crippen LogP contribution in [0.1, 0.15) is 37.4 Å². The van der Waals surface area contributed by atoms with Gasteiger partial charge in [0, 0.05) is 11.6 Å². The van der Waals surface area contributed by atoms with Crippen molar-refractivity contribution in [3.63, 3.8) is 0 Å². The van der Waals surface area contributed by atoms with Gasteiger partial charge in [-0.1, -0.05) is 42.8 Å². The first-order chi connectivity index (χ1) is 10.1. The minimum absolute atomic E-state index is 0.438. The summed E-state index contributed by atoms with van der Waals surface area (Å²) in [5.41, 5.74) is 6.11. The molecule has 2 heteroatoms. The van der Waals surface area contributed by atoms with Crippen molar-refractivity contribution in [2.45, 2.75) is 40.2 Å². The summed E-state index contributed by atoms with van der Waals surface area (Å²) in [5, 5.41) is 0. The quantitative estimate of drug-likeness (QED) is 0.636. The second-order valence-electron chi connectivity index (χ2n) is 5.87. The first-order valence-electron chi connectivity index (χ1n) is 7.66. The third-order valence-corrected chi connectivity index (χ3v) is 4.25. The molecule has 0 aliphatic carbocycles. The Kier molecular flexibility index (Phi) is 3.54. The van der Waals surface area contributed by atoms with Gasteiger partial charge >= 0.3 is 0 Å². The average molecular weight is 278 g/mol. The highest BCUT2D eigenvalue weighted by atomic mass is 15.1. The highest BCUT2D eigenvalue weighted by Crippen LogP contribution is 2.31. The number of aryl methyl sites for hydroxylation is 2.